The van der Waals surface area contributed by atoms with Gasteiger partial charge in [-0.05, 0) is 116 Å². The largest absolute Gasteiger partial charge is 0.309 e. The van der Waals surface area contributed by atoms with Crippen molar-refractivity contribution >= 4 is 37.7 Å². The second kappa shape index (κ2) is 10.7. The molecule has 0 bridgehead atoms. The van der Waals surface area contributed by atoms with Crippen LogP contribution in [0.3, 0.4) is 0 Å². The van der Waals surface area contributed by atoms with Gasteiger partial charge in [0.25, 0.3) is 0 Å². The van der Waals surface area contributed by atoms with Gasteiger partial charge < -0.3 is 4.57 Å². The molecule has 47 heavy (non-hydrogen) atoms. The highest BCUT2D eigenvalue weighted by Gasteiger charge is 2.36. The Bertz CT molecular complexity index is 2430. The second-order valence-corrected chi connectivity index (χ2v) is 14.1. The Hall–Kier alpha value is -5.18. The highest BCUT2D eigenvalue weighted by Crippen LogP contribution is 2.51. The van der Waals surface area contributed by atoms with E-state index in [1.54, 1.807) is 0 Å². The van der Waals surface area contributed by atoms with E-state index in [1.165, 1.54) is 77.4 Å². The molecule has 1 heterocycles. The molecule has 7 aromatic carbocycles. The van der Waals surface area contributed by atoms with E-state index in [9.17, 15) is 0 Å². The SMILES string of the molecule is CC1(C)c2ccccc2-c2cc3c4cc(Br)ccc4n(-c4cccc(-c5cc(-c6ccccc6)cc(-c6ccccc6)c5)c4)c3cc21. The number of nitrogens with zero attached hydrogens (tertiary/aromatic N) is 1. The molecule has 0 saturated heterocycles. The molecule has 224 valence electrons. The fourth-order valence-corrected chi connectivity index (χ4v) is 8.04. The van der Waals surface area contributed by atoms with Crippen LogP contribution in [0.4, 0.5) is 0 Å². The molecule has 0 atom stereocenters. The lowest BCUT2D eigenvalue weighted by Gasteiger charge is -2.21. The molecule has 1 aromatic heterocycles. The van der Waals surface area contributed by atoms with Gasteiger partial charge >= 0.3 is 0 Å². The molecule has 0 saturated carbocycles. The standard InChI is InChI=1S/C45H32BrN/c1-45(2)41-19-10-9-18-37(41)38-27-40-39-26-35(46)20-21-43(39)47(44(40)28-42(38)45)36-17-11-16-31(25-36)34-23-32(29-12-5-3-6-13-29)22-33(24-34)30-14-7-4-8-15-30/h3-28H,1-2H3. The monoisotopic (exact) mass is 665 g/mol. The molecule has 1 nitrogen and oxygen atoms in total. The van der Waals surface area contributed by atoms with Crippen molar-refractivity contribution in [2.24, 2.45) is 0 Å². The Labute approximate surface area is 283 Å². The van der Waals surface area contributed by atoms with E-state index in [0.29, 0.717) is 0 Å². The van der Waals surface area contributed by atoms with Crippen LogP contribution in [-0.2, 0) is 5.41 Å². The predicted octanol–water partition coefficient (Wildman–Crippen LogP) is 12.9. The van der Waals surface area contributed by atoms with Crippen molar-refractivity contribution < 1.29 is 0 Å². The molecule has 0 unspecified atom stereocenters. The summed E-state index contributed by atoms with van der Waals surface area (Å²) < 4.78 is 3.55. The van der Waals surface area contributed by atoms with E-state index >= 15 is 0 Å². The van der Waals surface area contributed by atoms with Gasteiger partial charge in [0.05, 0.1) is 11.0 Å². The first-order valence-corrected chi connectivity index (χ1v) is 17.0. The first kappa shape index (κ1) is 28.1. The molecule has 0 amide bonds. The van der Waals surface area contributed by atoms with Crippen LogP contribution < -0.4 is 0 Å². The fraction of sp³-hybridized carbons (Fsp3) is 0.0667. The average Bonchev–Trinajstić information content (AvgIpc) is 3.55. The smallest absolute Gasteiger partial charge is 0.0544 e. The van der Waals surface area contributed by atoms with E-state index in [1.807, 2.05) is 0 Å². The Morgan fingerprint density at radius 3 is 1.72 bits per heavy atom. The third kappa shape index (κ3) is 4.51. The summed E-state index contributed by atoms with van der Waals surface area (Å²) >= 11 is 3.77. The maximum absolute atomic E-state index is 3.77. The molecule has 8 aromatic rings. The van der Waals surface area contributed by atoms with E-state index in [4.69, 9.17) is 0 Å². The van der Waals surface area contributed by atoms with Crippen LogP contribution in [0.5, 0.6) is 0 Å². The van der Waals surface area contributed by atoms with Crippen molar-refractivity contribution in [3.05, 3.63) is 173 Å². The molecule has 1 aliphatic rings. The van der Waals surface area contributed by atoms with Gasteiger partial charge in [0.1, 0.15) is 0 Å². The quantitative estimate of drug-likeness (QED) is 0.176. The van der Waals surface area contributed by atoms with Gasteiger partial charge in [-0.3, -0.25) is 0 Å². The summed E-state index contributed by atoms with van der Waals surface area (Å²) in [5.74, 6) is 0. The van der Waals surface area contributed by atoms with E-state index in [0.717, 1.165) is 10.2 Å². The molecule has 0 spiro atoms. The highest BCUT2D eigenvalue weighted by molar-refractivity contribution is 9.10. The topological polar surface area (TPSA) is 4.93 Å². The van der Waals surface area contributed by atoms with Gasteiger partial charge in [-0.25, -0.2) is 0 Å². The summed E-state index contributed by atoms with van der Waals surface area (Å²) in [6.45, 7) is 4.72. The summed E-state index contributed by atoms with van der Waals surface area (Å²) in [4.78, 5) is 0. The molecule has 2 heteroatoms. The Morgan fingerprint density at radius 2 is 1.02 bits per heavy atom. The van der Waals surface area contributed by atoms with Crippen molar-refractivity contribution in [3.8, 4) is 50.2 Å². The average molecular weight is 667 g/mol. The number of fused-ring (bicyclic) bond motifs is 6. The lowest BCUT2D eigenvalue weighted by molar-refractivity contribution is 0.661. The fourth-order valence-electron chi connectivity index (χ4n) is 7.68. The van der Waals surface area contributed by atoms with Crippen molar-refractivity contribution in [2.75, 3.05) is 0 Å². The lowest BCUT2D eigenvalue weighted by atomic mass is 9.82. The van der Waals surface area contributed by atoms with Crippen LogP contribution in [0.2, 0.25) is 0 Å². The maximum Gasteiger partial charge on any atom is 0.0544 e. The zero-order chi connectivity index (χ0) is 31.7. The number of hydrogen-bond acceptors (Lipinski definition) is 0. The van der Waals surface area contributed by atoms with E-state index in [2.05, 4.69) is 192 Å². The molecule has 9 rings (SSSR count). The van der Waals surface area contributed by atoms with Gasteiger partial charge in [0.2, 0.25) is 0 Å². The molecule has 0 aliphatic heterocycles. The predicted molar refractivity (Wildman–Crippen MR) is 202 cm³/mol. The Balaban J connectivity index is 1.27. The number of benzene rings is 7. The van der Waals surface area contributed by atoms with Gasteiger partial charge in [0, 0.05) is 26.3 Å². The third-order valence-corrected chi connectivity index (χ3v) is 10.5. The minimum Gasteiger partial charge on any atom is -0.309 e. The minimum atomic E-state index is -0.0739. The number of rotatable bonds is 4. The molecule has 1 aliphatic carbocycles. The molecule has 0 N–H and O–H groups in total. The highest BCUT2D eigenvalue weighted by atomic mass is 79.9. The maximum atomic E-state index is 3.77. The third-order valence-electron chi connectivity index (χ3n) is 10.0. The van der Waals surface area contributed by atoms with Crippen molar-refractivity contribution in [3.63, 3.8) is 0 Å². The van der Waals surface area contributed by atoms with E-state index < -0.39 is 0 Å². The normalized spacial score (nSPS) is 13.2. The summed E-state index contributed by atoms with van der Waals surface area (Å²) in [5.41, 5.74) is 16.3. The van der Waals surface area contributed by atoms with Crippen molar-refractivity contribution in [1.29, 1.82) is 0 Å². The first-order chi connectivity index (χ1) is 23.0. The summed E-state index contributed by atoms with van der Waals surface area (Å²) in [6, 6.07) is 57.9. The second-order valence-electron chi connectivity index (χ2n) is 13.2. The van der Waals surface area contributed by atoms with Gasteiger partial charge in [-0.15, -0.1) is 0 Å². The zero-order valence-electron chi connectivity index (χ0n) is 26.3. The van der Waals surface area contributed by atoms with Gasteiger partial charge in [-0.2, -0.15) is 0 Å². The Kier molecular flexibility index (Phi) is 6.38. The van der Waals surface area contributed by atoms with Crippen LogP contribution in [0.15, 0.2) is 162 Å². The van der Waals surface area contributed by atoms with Crippen LogP contribution in [0.1, 0.15) is 25.0 Å². The van der Waals surface area contributed by atoms with Crippen molar-refractivity contribution in [2.45, 2.75) is 19.3 Å². The lowest BCUT2D eigenvalue weighted by Crippen LogP contribution is -2.14. The first-order valence-electron chi connectivity index (χ1n) is 16.2. The van der Waals surface area contributed by atoms with Gasteiger partial charge in [-0.1, -0.05) is 127 Å². The van der Waals surface area contributed by atoms with Crippen LogP contribution in [0.25, 0.3) is 72.0 Å². The van der Waals surface area contributed by atoms with Crippen LogP contribution in [-0.4, -0.2) is 4.57 Å². The number of hydrogen-bond donors (Lipinski definition) is 0. The molecular formula is C45H32BrN. The van der Waals surface area contributed by atoms with E-state index in [-0.39, 0.29) is 5.41 Å². The Morgan fingerprint density at radius 1 is 0.426 bits per heavy atom. The molecular weight excluding hydrogens is 634 g/mol. The number of aromatic nitrogens is 1. The zero-order valence-corrected chi connectivity index (χ0v) is 27.9. The van der Waals surface area contributed by atoms with Crippen molar-refractivity contribution in [1.82, 2.24) is 4.57 Å². The van der Waals surface area contributed by atoms with Crippen LogP contribution in [0, 0.1) is 0 Å². The summed E-state index contributed by atoms with van der Waals surface area (Å²) in [7, 11) is 0. The molecule has 0 fully saturated rings. The summed E-state index contributed by atoms with van der Waals surface area (Å²) in [5, 5.41) is 2.53. The van der Waals surface area contributed by atoms with Gasteiger partial charge in [0.15, 0.2) is 0 Å². The molecule has 0 radical (unpaired) electrons. The van der Waals surface area contributed by atoms with Crippen LogP contribution >= 0.6 is 15.9 Å². The minimum absolute atomic E-state index is 0.0739. The summed E-state index contributed by atoms with van der Waals surface area (Å²) in [6.07, 6.45) is 0. The number of halogens is 1.